The maximum Gasteiger partial charge on any atom is 0.402 e. The highest BCUT2D eigenvalue weighted by Gasteiger charge is 2.53. The Labute approximate surface area is 166 Å². The molecule has 0 bridgehead atoms. The van der Waals surface area contributed by atoms with Crippen molar-refractivity contribution in [2.24, 2.45) is 5.92 Å². The van der Waals surface area contributed by atoms with Gasteiger partial charge in [-0.25, -0.2) is 5.43 Å². The normalized spacial score (nSPS) is 23.4. The summed E-state index contributed by atoms with van der Waals surface area (Å²) >= 11 is 0. The number of hydrogen-bond donors (Lipinski definition) is 2. The number of rotatable bonds is 4. The zero-order chi connectivity index (χ0) is 20.6. The van der Waals surface area contributed by atoms with Crippen LogP contribution in [0.1, 0.15) is 29.7 Å². The number of nitrogens with zero attached hydrogens (tertiary/aromatic N) is 2. The minimum Gasteiger partial charge on any atom is -0.486 e. The van der Waals surface area contributed by atoms with E-state index in [2.05, 4.69) is 15.8 Å². The van der Waals surface area contributed by atoms with E-state index in [1.165, 1.54) is 0 Å². The minimum atomic E-state index is -4.61. The molecule has 0 spiro atoms. The average molecular weight is 406 g/mol. The Balaban J connectivity index is 1.55. The van der Waals surface area contributed by atoms with Crippen molar-refractivity contribution in [2.45, 2.75) is 38.3 Å². The summed E-state index contributed by atoms with van der Waals surface area (Å²) < 4.78 is 46.7. The molecule has 2 N–H and O–H groups in total. The van der Waals surface area contributed by atoms with Crippen LogP contribution in [0.4, 0.5) is 13.2 Å². The number of halogens is 3. The van der Waals surface area contributed by atoms with Crippen molar-refractivity contribution in [2.75, 3.05) is 6.54 Å². The van der Waals surface area contributed by atoms with Crippen molar-refractivity contribution >= 4 is 5.91 Å². The van der Waals surface area contributed by atoms with E-state index in [4.69, 9.17) is 4.74 Å². The van der Waals surface area contributed by atoms with Gasteiger partial charge in [-0.15, -0.1) is 0 Å². The van der Waals surface area contributed by atoms with Crippen LogP contribution in [0.2, 0.25) is 0 Å². The monoisotopic (exact) mass is 406 g/mol. The summed E-state index contributed by atoms with van der Waals surface area (Å²) in [4.78, 5) is 17.6. The predicted molar refractivity (Wildman–Crippen MR) is 98.4 cm³/mol. The molecule has 3 unspecified atom stereocenters. The Bertz CT molecular complexity index is 891. The fraction of sp³-hybridized carbons (Fsp3) is 0.400. The lowest BCUT2D eigenvalue weighted by molar-refractivity contribution is -0.201. The second-order valence-electron chi connectivity index (χ2n) is 7.30. The number of amides is 1. The second kappa shape index (κ2) is 7.64. The molecule has 1 amide bonds. The number of carbonyl (C=O) groups excluding carboxylic acids is 1. The molecule has 2 aliphatic rings. The van der Waals surface area contributed by atoms with E-state index in [1.54, 1.807) is 17.3 Å². The summed E-state index contributed by atoms with van der Waals surface area (Å²) in [6.45, 7) is 2.56. The summed E-state index contributed by atoms with van der Waals surface area (Å²) in [7, 11) is 0. The van der Waals surface area contributed by atoms with Crippen LogP contribution in [-0.2, 0) is 17.9 Å². The summed E-state index contributed by atoms with van der Waals surface area (Å²) in [6, 6.07) is 8.29. The van der Waals surface area contributed by atoms with Crippen LogP contribution in [0.5, 0.6) is 5.75 Å². The SMILES string of the molecule is CC(Oc1cccc2c1CN(C1CNNC(=O)C1C(F)(F)F)C2)c1ccncc1. The molecule has 0 saturated carbocycles. The van der Waals surface area contributed by atoms with Crippen LogP contribution in [-0.4, -0.2) is 34.6 Å². The van der Waals surface area contributed by atoms with E-state index >= 15 is 0 Å². The van der Waals surface area contributed by atoms with Crippen molar-refractivity contribution in [1.29, 1.82) is 0 Å². The summed E-state index contributed by atoms with van der Waals surface area (Å²) in [5, 5.41) is 0. The topological polar surface area (TPSA) is 66.5 Å². The maximum absolute atomic E-state index is 13.5. The highest BCUT2D eigenvalue weighted by atomic mass is 19.4. The van der Waals surface area contributed by atoms with Gasteiger partial charge in [-0.05, 0) is 36.2 Å². The molecule has 3 atom stereocenters. The Kier molecular flexibility index (Phi) is 5.18. The molecule has 29 heavy (non-hydrogen) atoms. The summed E-state index contributed by atoms with van der Waals surface area (Å²) in [5.41, 5.74) is 7.41. The van der Waals surface area contributed by atoms with E-state index in [1.807, 2.05) is 37.3 Å². The molecule has 2 aromatic rings. The fourth-order valence-corrected chi connectivity index (χ4v) is 3.97. The number of pyridine rings is 1. The third-order valence-electron chi connectivity index (χ3n) is 5.46. The standard InChI is InChI=1S/C20H21F3N4O2/c1-12(13-5-7-24-8-6-13)29-17-4-2-3-14-10-27(11-15(14)17)16-9-25-26-19(28)18(16)20(21,22)23/h2-8,12,16,18,25H,9-11H2,1H3,(H,26,28). The number of hydrogen-bond acceptors (Lipinski definition) is 5. The lowest BCUT2D eigenvalue weighted by Crippen LogP contribution is -2.63. The van der Waals surface area contributed by atoms with Crippen LogP contribution in [0, 0.1) is 5.92 Å². The third-order valence-corrected chi connectivity index (χ3v) is 5.46. The van der Waals surface area contributed by atoms with Crippen LogP contribution in [0.15, 0.2) is 42.7 Å². The highest BCUT2D eigenvalue weighted by Crippen LogP contribution is 2.39. The van der Waals surface area contributed by atoms with Crippen molar-refractivity contribution in [3.63, 3.8) is 0 Å². The first-order valence-electron chi connectivity index (χ1n) is 9.35. The van der Waals surface area contributed by atoms with Gasteiger partial charge >= 0.3 is 6.18 Å². The third kappa shape index (κ3) is 3.92. The number of alkyl halides is 3. The number of aromatic nitrogens is 1. The molecule has 1 aromatic heterocycles. The largest absolute Gasteiger partial charge is 0.486 e. The molecule has 6 nitrogen and oxygen atoms in total. The number of fused-ring (bicyclic) bond motifs is 1. The van der Waals surface area contributed by atoms with E-state index in [0.29, 0.717) is 18.8 Å². The first-order valence-corrected chi connectivity index (χ1v) is 9.35. The molecule has 1 fully saturated rings. The second-order valence-corrected chi connectivity index (χ2v) is 7.30. The molecular weight excluding hydrogens is 385 g/mol. The van der Waals surface area contributed by atoms with Gasteiger partial charge in [0.15, 0.2) is 5.92 Å². The number of benzene rings is 1. The molecule has 0 radical (unpaired) electrons. The lowest BCUT2D eigenvalue weighted by atomic mass is 9.95. The van der Waals surface area contributed by atoms with Gasteiger partial charge in [0, 0.05) is 43.6 Å². The maximum atomic E-state index is 13.5. The van der Waals surface area contributed by atoms with Gasteiger partial charge in [0.05, 0.1) is 0 Å². The average Bonchev–Trinajstić information content (AvgIpc) is 3.13. The molecule has 4 rings (SSSR count). The zero-order valence-electron chi connectivity index (χ0n) is 15.7. The first kappa shape index (κ1) is 19.7. The van der Waals surface area contributed by atoms with Crippen LogP contribution >= 0.6 is 0 Å². The van der Waals surface area contributed by atoms with E-state index in [9.17, 15) is 18.0 Å². The highest BCUT2D eigenvalue weighted by molar-refractivity contribution is 5.80. The lowest BCUT2D eigenvalue weighted by Gasteiger charge is -2.38. The Morgan fingerprint density at radius 1 is 1.21 bits per heavy atom. The molecule has 1 saturated heterocycles. The number of ether oxygens (including phenoxy) is 1. The van der Waals surface area contributed by atoms with Gasteiger partial charge in [0.25, 0.3) is 0 Å². The fourth-order valence-electron chi connectivity index (χ4n) is 3.97. The van der Waals surface area contributed by atoms with Gasteiger partial charge in [-0.1, -0.05) is 12.1 Å². The Morgan fingerprint density at radius 3 is 2.69 bits per heavy atom. The minimum absolute atomic E-state index is 0.0213. The molecule has 3 heterocycles. The van der Waals surface area contributed by atoms with Gasteiger partial charge in [-0.2, -0.15) is 13.2 Å². The number of hydrazine groups is 1. The molecule has 9 heteroatoms. The number of carbonyl (C=O) groups is 1. The summed E-state index contributed by atoms with van der Waals surface area (Å²) in [5.74, 6) is -2.48. The van der Waals surface area contributed by atoms with Crippen molar-refractivity contribution in [3.8, 4) is 5.75 Å². The van der Waals surface area contributed by atoms with Crippen LogP contribution < -0.4 is 15.6 Å². The van der Waals surface area contributed by atoms with Gasteiger partial charge < -0.3 is 4.74 Å². The van der Waals surface area contributed by atoms with Crippen molar-refractivity contribution in [3.05, 3.63) is 59.4 Å². The first-order chi connectivity index (χ1) is 13.8. The zero-order valence-corrected chi connectivity index (χ0v) is 15.7. The van der Waals surface area contributed by atoms with E-state index in [0.717, 1.165) is 16.7 Å². The Morgan fingerprint density at radius 2 is 1.97 bits per heavy atom. The quantitative estimate of drug-likeness (QED) is 0.818. The van der Waals surface area contributed by atoms with Gasteiger partial charge in [0.2, 0.25) is 5.91 Å². The Hall–Kier alpha value is -2.65. The van der Waals surface area contributed by atoms with E-state index < -0.39 is 24.0 Å². The van der Waals surface area contributed by atoms with Gasteiger partial charge in [0.1, 0.15) is 11.9 Å². The van der Waals surface area contributed by atoms with Gasteiger partial charge in [-0.3, -0.25) is 20.1 Å². The van der Waals surface area contributed by atoms with Crippen LogP contribution in [0.3, 0.4) is 0 Å². The molecule has 154 valence electrons. The molecule has 2 aliphatic heterocycles. The predicted octanol–water partition coefficient (Wildman–Crippen LogP) is 2.72. The van der Waals surface area contributed by atoms with Crippen molar-refractivity contribution < 1.29 is 22.7 Å². The number of nitrogens with one attached hydrogen (secondary N) is 2. The smallest absolute Gasteiger partial charge is 0.402 e. The van der Waals surface area contributed by atoms with Crippen LogP contribution in [0.25, 0.3) is 0 Å². The van der Waals surface area contributed by atoms with Crippen molar-refractivity contribution in [1.82, 2.24) is 20.7 Å². The molecule has 0 aliphatic carbocycles. The molecular formula is C20H21F3N4O2. The summed E-state index contributed by atoms with van der Waals surface area (Å²) in [6.07, 6.45) is -1.47. The van der Waals surface area contributed by atoms with E-state index in [-0.39, 0.29) is 12.6 Å². The molecule has 1 aromatic carbocycles.